The van der Waals surface area contributed by atoms with Crippen molar-refractivity contribution in [3.63, 3.8) is 0 Å². The molecule has 0 fully saturated rings. The minimum atomic E-state index is -0.342. The molecular weight excluding hydrogens is 405 g/mol. The predicted octanol–water partition coefficient (Wildman–Crippen LogP) is 3.21. The van der Waals surface area contributed by atoms with Gasteiger partial charge >= 0.3 is 60.5 Å². The summed E-state index contributed by atoms with van der Waals surface area (Å²) in [4.78, 5) is 0. The van der Waals surface area contributed by atoms with Gasteiger partial charge in [0.1, 0.15) is 0 Å². The summed E-state index contributed by atoms with van der Waals surface area (Å²) >= 11 is 4.76. The van der Waals surface area contributed by atoms with E-state index in [4.69, 9.17) is 0 Å². The molecular formula is C2H5I3. The predicted molar refractivity (Wildman–Crippen MR) is 52.6 cm³/mol. The number of rotatable bonds is 1. The zero-order valence-electron chi connectivity index (χ0n) is 2.84. The van der Waals surface area contributed by atoms with Crippen LogP contribution in [0.2, 0.25) is 0 Å². The fourth-order valence-corrected chi connectivity index (χ4v) is 0. The van der Waals surface area contributed by atoms with Gasteiger partial charge in [0.2, 0.25) is 0 Å². The molecule has 0 rings (SSSR count). The van der Waals surface area contributed by atoms with E-state index in [1.807, 2.05) is 0 Å². The second kappa shape index (κ2) is 4.35. The van der Waals surface area contributed by atoms with Crippen molar-refractivity contribution in [3.05, 3.63) is 0 Å². The van der Waals surface area contributed by atoms with Crippen LogP contribution >= 0.6 is 49.1 Å². The SMILES string of the molecule is CCI(I)I. The third-order valence-corrected chi connectivity index (χ3v) is 9.09. The standard InChI is InChI=1S/C2H5I3/c1-2-5(3)4/h2H2,1H3. The van der Waals surface area contributed by atoms with Gasteiger partial charge in [-0.1, -0.05) is 0 Å². The molecule has 5 heavy (non-hydrogen) atoms. The molecule has 0 aliphatic carbocycles. The molecule has 0 saturated heterocycles. The molecule has 0 amide bonds. The molecule has 0 unspecified atom stereocenters. The first kappa shape index (κ1) is 7.19. The monoisotopic (exact) mass is 410 g/mol. The molecule has 0 bridgehead atoms. The Labute approximate surface area is 59.2 Å². The first-order chi connectivity index (χ1) is 2.27. The molecule has 0 nitrogen and oxygen atoms in total. The Morgan fingerprint density at radius 1 is 1.60 bits per heavy atom. The average molecular weight is 410 g/mol. The van der Waals surface area contributed by atoms with Crippen LogP contribution < -0.4 is 0 Å². The van der Waals surface area contributed by atoms with Crippen LogP contribution in [0.4, 0.5) is 0 Å². The van der Waals surface area contributed by atoms with Crippen molar-refractivity contribution in [3.8, 4) is 0 Å². The molecule has 34 valence electrons. The van der Waals surface area contributed by atoms with Crippen LogP contribution in [0.1, 0.15) is 6.92 Å². The number of hydrogen-bond donors (Lipinski definition) is 0. The zero-order chi connectivity index (χ0) is 4.28. The van der Waals surface area contributed by atoms with Gasteiger partial charge in [-0.15, -0.1) is 0 Å². The molecule has 0 aromatic rings. The Kier molecular flexibility index (Phi) is 6.26. The summed E-state index contributed by atoms with van der Waals surface area (Å²) in [6.07, 6.45) is 0. The van der Waals surface area contributed by atoms with Crippen molar-refractivity contribution >= 4 is 49.1 Å². The second-order valence-corrected chi connectivity index (χ2v) is 27.2. The Hall–Kier alpha value is 2.19. The van der Waals surface area contributed by atoms with E-state index in [1.54, 1.807) is 0 Å². The molecule has 0 N–H and O–H groups in total. The summed E-state index contributed by atoms with van der Waals surface area (Å²) in [5.74, 6) is 0. The normalized spacial score (nSPS) is 11.4. The fraction of sp³-hybridized carbons (Fsp3) is 1.00. The zero-order valence-corrected chi connectivity index (χ0v) is 9.31. The van der Waals surface area contributed by atoms with E-state index < -0.39 is 0 Å². The molecule has 3 heteroatoms. The van der Waals surface area contributed by atoms with Crippen molar-refractivity contribution in [1.29, 1.82) is 0 Å². The number of hydrogen-bond acceptors (Lipinski definition) is 0. The summed E-state index contributed by atoms with van der Waals surface area (Å²) in [5.41, 5.74) is 0. The molecule has 0 atom stereocenters. The average Bonchev–Trinajstić information content (AvgIpc) is 1.38. The fourth-order valence-electron chi connectivity index (χ4n) is 0. The van der Waals surface area contributed by atoms with Crippen LogP contribution in [0.3, 0.4) is 0 Å². The Bertz CT molecular complexity index is 18.9. The Morgan fingerprint density at radius 2 is 1.80 bits per heavy atom. The van der Waals surface area contributed by atoms with Crippen LogP contribution in [0, 0.1) is 0 Å². The third kappa shape index (κ3) is 6.19. The van der Waals surface area contributed by atoms with E-state index in [-0.39, 0.29) is 11.9 Å². The third-order valence-electron chi connectivity index (χ3n) is 0.202. The van der Waals surface area contributed by atoms with E-state index in [0.717, 1.165) is 0 Å². The second-order valence-electron chi connectivity index (χ2n) is 0.523. The topological polar surface area (TPSA) is 0 Å². The molecule has 0 heterocycles. The molecule has 0 radical (unpaired) electrons. The van der Waals surface area contributed by atoms with E-state index in [1.165, 1.54) is 4.43 Å². The van der Waals surface area contributed by atoms with Gasteiger partial charge in [-0.05, 0) is 0 Å². The van der Waals surface area contributed by atoms with Crippen molar-refractivity contribution < 1.29 is 0 Å². The molecule has 0 spiro atoms. The first-order valence-electron chi connectivity index (χ1n) is 1.26. The van der Waals surface area contributed by atoms with Gasteiger partial charge in [-0.25, -0.2) is 0 Å². The molecule has 0 saturated carbocycles. The summed E-state index contributed by atoms with van der Waals surface area (Å²) < 4.78 is 1.44. The Balaban J connectivity index is 2.54. The molecule has 0 aromatic heterocycles. The van der Waals surface area contributed by atoms with Crippen LogP contribution in [0.15, 0.2) is 0 Å². The van der Waals surface area contributed by atoms with Gasteiger partial charge < -0.3 is 0 Å². The van der Waals surface area contributed by atoms with Crippen molar-refractivity contribution in [2.75, 3.05) is 4.43 Å². The van der Waals surface area contributed by atoms with Crippen molar-refractivity contribution in [1.82, 2.24) is 0 Å². The number of alkyl halides is 1. The summed E-state index contributed by atoms with van der Waals surface area (Å²) in [7, 11) is 0. The van der Waals surface area contributed by atoms with E-state index >= 15 is 0 Å². The molecule has 0 aliphatic rings. The summed E-state index contributed by atoms with van der Waals surface area (Å²) in [5, 5.41) is 0. The van der Waals surface area contributed by atoms with Gasteiger partial charge in [-0.2, -0.15) is 0 Å². The molecule has 0 aromatic carbocycles. The van der Waals surface area contributed by atoms with Crippen molar-refractivity contribution in [2.45, 2.75) is 6.92 Å². The first-order valence-corrected chi connectivity index (χ1v) is 15.4. The summed E-state index contributed by atoms with van der Waals surface area (Å²) in [6, 6.07) is 0. The van der Waals surface area contributed by atoms with Gasteiger partial charge in [-0.3, -0.25) is 0 Å². The van der Waals surface area contributed by atoms with Crippen LogP contribution in [0.25, 0.3) is 0 Å². The van der Waals surface area contributed by atoms with Gasteiger partial charge in [0.05, 0.1) is 0 Å². The maximum atomic E-state index is 2.55. The quantitative estimate of drug-likeness (QED) is 0.461. The molecule has 0 aliphatic heterocycles. The van der Waals surface area contributed by atoms with Crippen molar-refractivity contribution in [2.24, 2.45) is 0 Å². The van der Waals surface area contributed by atoms with Gasteiger partial charge in [0.25, 0.3) is 0 Å². The van der Waals surface area contributed by atoms with Crippen LogP contribution in [-0.2, 0) is 0 Å². The minimum absolute atomic E-state index is 0.342. The summed E-state index contributed by atoms with van der Waals surface area (Å²) in [6.45, 7) is 2.25. The van der Waals surface area contributed by atoms with E-state index in [9.17, 15) is 0 Å². The van der Waals surface area contributed by atoms with E-state index in [0.29, 0.717) is 0 Å². The van der Waals surface area contributed by atoms with Crippen LogP contribution in [0.5, 0.6) is 0 Å². The van der Waals surface area contributed by atoms with Gasteiger partial charge in [0, 0.05) is 0 Å². The number of halogens is 3. The maximum absolute atomic E-state index is 2.55. The van der Waals surface area contributed by atoms with Crippen LogP contribution in [-0.4, -0.2) is 4.43 Å². The Morgan fingerprint density at radius 3 is 1.80 bits per heavy atom. The van der Waals surface area contributed by atoms with Gasteiger partial charge in [0.15, 0.2) is 0 Å². The van der Waals surface area contributed by atoms with E-state index in [2.05, 4.69) is 44.2 Å².